The summed E-state index contributed by atoms with van der Waals surface area (Å²) in [6, 6.07) is 11.2. The van der Waals surface area contributed by atoms with Gasteiger partial charge in [-0.25, -0.2) is 5.06 Å². The maximum Gasteiger partial charge on any atom is 0.335 e. The second kappa shape index (κ2) is 13.2. The summed E-state index contributed by atoms with van der Waals surface area (Å²) in [5, 5.41) is 49.7. The molecular weight excluding hydrogens is 677 g/mol. The highest BCUT2D eigenvalue weighted by Crippen LogP contribution is 2.61. The molecule has 1 aromatic rings. The minimum Gasteiger partial charge on any atom is -0.414 e. The van der Waals surface area contributed by atoms with Gasteiger partial charge < -0.3 is 32.7 Å². The van der Waals surface area contributed by atoms with Crippen molar-refractivity contribution in [3.8, 4) is 6.07 Å². The Morgan fingerprint density at radius 2 is 1.41 bits per heavy atom. The van der Waals surface area contributed by atoms with E-state index in [9.17, 15) is 25.4 Å². The third kappa shape index (κ3) is 5.85. The first kappa shape index (κ1) is 40.3. The molecule has 1 aromatic carbocycles. The first-order chi connectivity index (χ1) is 22.3. The molecule has 49 heavy (non-hydrogen) atoms. The number of carbonyl (C=O) groups is 1. The van der Waals surface area contributed by atoms with E-state index in [1.165, 1.54) is 6.92 Å². The number of nitrogens with zero attached hydrogens (tertiary/aromatic N) is 2. The monoisotopic (exact) mass is 736 g/mol. The minimum absolute atomic E-state index is 0.102. The molecule has 1 aliphatic carbocycles. The second-order valence-electron chi connectivity index (χ2n) is 17.2. The summed E-state index contributed by atoms with van der Waals surface area (Å²) in [5.41, 5.74) is -6.89. The van der Waals surface area contributed by atoms with E-state index in [1.54, 1.807) is 0 Å². The summed E-state index contributed by atoms with van der Waals surface area (Å²) < 4.78 is 28.9. The lowest BCUT2D eigenvalue weighted by molar-refractivity contribution is -0.385. The summed E-state index contributed by atoms with van der Waals surface area (Å²) >= 11 is 0. The third-order valence-corrected chi connectivity index (χ3v) is 26.4. The molecule has 1 saturated carbocycles. The van der Waals surface area contributed by atoms with Crippen LogP contribution in [0.4, 0.5) is 0 Å². The van der Waals surface area contributed by atoms with Crippen LogP contribution in [-0.2, 0) is 33.6 Å². The van der Waals surface area contributed by atoms with Gasteiger partial charge in [0.15, 0.2) is 20.0 Å². The fraction of sp³-hybridized carbons (Fsp3) is 0.771. The molecule has 2 saturated heterocycles. The normalized spacial score (nSPS) is 34.7. The first-order valence-corrected chi connectivity index (χ1v) is 24.5. The molecule has 14 heteroatoms. The fourth-order valence-corrected chi connectivity index (χ4v) is 20.5. The summed E-state index contributed by atoms with van der Waals surface area (Å²) in [6.45, 7) is 27.6. The van der Waals surface area contributed by atoms with Gasteiger partial charge >= 0.3 is 17.1 Å². The molecule has 0 aromatic heterocycles. The van der Waals surface area contributed by atoms with E-state index < -0.39 is 77.5 Å². The Bertz CT molecular complexity index is 1390. The molecule has 1 unspecified atom stereocenters. The molecule has 1 spiro atoms. The number of hydroxylamine groups is 2. The lowest BCUT2D eigenvalue weighted by Crippen LogP contribution is -2.95. The van der Waals surface area contributed by atoms with E-state index in [2.05, 4.69) is 0 Å². The van der Waals surface area contributed by atoms with Gasteiger partial charge in [0.25, 0.3) is 5.91 Å². The van der Waals surface area contributed by atoms with Crippen molar-refractivity contribution >= 4 is 31.3 Å². The Kier molecular flexibility index (Phi) is 10.8. The molecule has 3 aliphatic rings. The quantitative estimate of drug-likeness (QED) is 0.161. The van der Waals surface area contributed by atoms with Crippen molar-refractivity contribution in [3.05, 3.63) is 35.9 Å². The van der Waals surface area contributed by atoms with Crippen molar-refractivity contribution < 1.29 is 42.3 Å². The van der Waals surface area contributed by atoms with Crippen LogP contribution in [0.3, 0.4) is 0 Å². The lowest BCUT2D eigenvalue weighted by Gasteiger charge is -2.69. The van der Waals surface area contributed by atoms with Crippen LogP contribution >= 0.6 is 0 Å². The van der Waals surface area contributed by atoms with Gasteiger partial charge in [-0.3, -0.25) is 9.63 Å². The predicted octanol–water partition coefficient (Wildman–Crippen LogP) is 5.79. The first-order valence-electron chi connectivity index (χ1n) is 17.6. The summed E-state index contributed by atoms with van der Waals surface area (Å²) in [5.74, 6) is -0.845. The molecule has 0 radical (unpaired) electrons. The van der Waals surface area contributed by atoms with Crippen LogP contribution in [0.15, 0.2) is 30.3 Å². The highest BCUT2D eigenvalue weighted by Gasteiger charge is 2.86. The number of carbonyl (C=O) groups excluding carboxylic acids is 1. The molecule has 11 nitrogen and oxygen atoms in total. The number of β-lactam (4-membered cyclic amide) rings is 1. The molecule has 3 N–H and O–H groups in total. The largest absolute Gasteiger partial charge is 0.414 e. The Morgan fingerprint density at radius 1 is 0.939 bits per heavy atom. The number of amides is 1. The zero-order valence-electron chi connectivity index (χ0n) is 31.9. The van der Waals surface area contributed by atoms with Crippen molar-refractivity contribution in [3.63, 3.8) is 0 Å². The zero-order valence-corrected chi connectivity index (χ0v) is 34.9. The van der Waals surface area contributed by atoms with E-state index in [0.717, 1.165) is 10.6 Å². The van der Waals surface area contributed by atoms with E-state index in [0.29, 0.717) is 0 Å². The second-order valence-corrected chi connectivity index (χ2v) is 30.8. The maximum absolute atomic E-state index is 13.8. The fourth-order valence-electron chi connectivity index (χ4n) is 7.78. The number of hydrogen-bond acceptors (Lipinski definition) is 10. The SMILES string of the molecule is CC(C)[Si]1(C(C)C)O[C@@H]2[C@H](O[Si](C(C)C)(C(C)C)O1)[C@](C)(O)[C@H](O[Si](C)(C)C(C)(C)C)[C@](O)(C#N)[C@@]21C(O)C(=O)N1OCc1ccccc1. The molecule has 0 bridgehead atoms. The van der Waals surface area contributed by atoms with Crippen LogP contribution in [0.25, 0.3) is 0 Å². The predicted molar refractivity (Wildman–Crippen MR) is 193 cm³/mol. The number of rotatable bonds is 9. The Hall–Kier alpha value is -1.49. The number of fused-ring (bicyclic) bond motifs is 2. The Balaban J connectivity index is 2.11. The molecular formula is C35H60N2O9Si3. The van der Waals surface area contributed by atoms with Crippen molar-refractivity contribution in [1.29, 1.82) is 5.26 Å². The van der Waals surface area contributed by atoms with Crippen LogP contribution in [0.2, 0.25) is 40.3 Å². The number of aliphatic hydroxyl groups is 3. The topological polar surface area (TPSA) is 151 Å². The number of nitriles is 1. The number of benzene rings is 1. The van der Waals surface area contributed by atoms with Gasteiger partial charge in [0, 0.05) is 0 Å². The highest BCUT2D eigenvalue weighted by atomic mass is 28.5. The van der Waals surface area contributed by atoms with E-state index in [-0.39, 0.29) is 28.8 Å². The molecule has 3 fully saturated rings. The zero-order chi connectivity index (χ0) is 37.3. The highest BCUT2D eigenvalue weighted by molar-refractivity contribution is 6.84. The maximum atomic E-state index is 13.8. The van der Waals surface area contributed by atoms with E-state index in [4.69, 9.17) is 22.2 Å². The molecule has 7 atom stereocenters. The van der Waals surface area contributed by atoms with Gasteiger partial charge in [0.05, 0.1) is 0 Å². The van der Waals surface area contributed by atoms with E-state index in [1.807, 2.05) is 126 Å². The molecule has 2 heterocycles. The van der Waals surface area contributed by atoms with Crippen LogP contribution in [0, 0.1) is 11.3 Å². The van der Waals surface area contributed by atoms with Gasteiger partial charge in [-0.05, 0) is 52.8 Å². The Morgan fingerprint density at radius 3 is 1.84 bits per heavy atom. The van der Waals surface area contributed by atoms with Crippen LogP contribution in [0.5, 0.6) is 0 Å². The molecule has 1 amide bonds. The average Bonchev–Trinajstić information content (AvgIpc) is 3.18. The number of aliphatic hydroxyl groups excluding tert-OH is 1. The number of hydrogen-bond donors (Lipinski definition) is 3. The average molecular weight is 737 g/mol. The van der Waals surface area contributed by atoms with Gasteiger partial charge in [0.2, 0.25) is 5.60 Å². The lowest BCUT2D eigenvalue weighted by atomic mass is 9.54. The molecule has 276 valence electrons. The van der Waals surface area contributed by atoms with Gasteiger partial charge in [0.1, 0.15) is 36.6 Å². The van der Waals surface area contributed by atoms with Gasteiger partial charge in [-0.2, -0.15) is 5.26 Å². The van der Waals surface area contributed by atoms with Crippen molar-refractivity contribution in [1.82, 2.24) is 5.06 Å². The third-order valence-electron chi connectivity index (χ3n) is 11.7. The van der Waals surface area contributed by atoms with E-state index >= 15 is 0 Å². The Labute approximate surface area is 296 Å². The molecule has 4 rings (SSSR count). The molecule has 2 aliphatic heterocycles. The smallest absolute Gasteiger partial charge is 0.335 e. The van der Waals surface area contributed by atoms with Gasteiger partial charge in [-0.15, -0.1) is 0 Å². The van der Waals surface area contributed by atoms with Crippen molar-refractivity contribution in [2.45, 2.75) is 171 Å². The summed E-state index contributed by atoms with van der Waals surface area (Å²) in [7, 11) is -9.72. The van der Waals surface area contributed by atoms with Gasteiger partial charge in [-0.1, -0.05) is 106 Å². The van der Waals surface area contributed by atoms with Crippen molar-refractivity contribution in [2.75, 3.05) is 0 Å². The summed E-state index contributed by atoms with van der Waals surface area (Å²) in [6.07, 6.45) is -6.36. The van der Waals surface area contributed by atoms with Crippen molar-refractivity contribution in [2.24, 2.45) is 0 Å². The van der Waals surface area contributed by atoms with Crippen LogP contribution in [-0.4, -0.2) is 92.9 Å². The standard InChI is InChI=1S/C35H60N2O9Si3/c1-22(2)48(23(3)4)43-28-29(44-49(46-48,24(5)6)25(7)8)35(27(38)30(39)37(35)42-20-26-18-16-15-17-19-26)34(41,21-36)31(33(28,12)40)45-47(13,14)32(9,10)11/h15-19,22-25,27-29,31,38,40-41H,20H2,1-14H3/t27?,28-,29+,31-,33-,34+,35+/m0/s1. The summed E-state index contributed by atoms with van der Waals surface area (Å²) in [4.78, 5) is 20.0. The van der Waals surface area contributed by atoms with Crippen LogP contribution < -0.4 is 0 Å². The minimum atomic E-state index is -3.46. The van der Waals surface area contributed by atoms with Crippen LogP contribution in [0.1, 0.15) is 88.6 Å².